The monoisotopic (exact) mass is 363 g/mol. The van der Waals surface area contributed by atoms with Crippen molar-refractivity contribution in [2.24, 2.45) is 0 Å². The zero-order chi connectivity index (χ0) is 15.5. The molecule has 0 radical (unpaired) electrons. The average Bonchev–Trinajstić information content (AvgIpc) is 2.90. The molecule has 0 spiro atoms. The van der Waals surface area contributed by atoms with E-state index in [4.69, 9.17) is 4.74 Å². The summed E-state index contributed by atoms with van der Waals surface area (Å²) >= 11 is 3.41. The number of benzene rings is 2. The van der Waals surface area contributed by atoms with Crippen molar-refractivity contribution in [1.82, 2.24) is 4.90 Å². The molecule has 1 heterocycles. The molecule has 0 aromatic heterocycles. The number of ether oxygens (including phenoxy) is 1. The van der Waals surface area contributed by atoms with Crippen LogP contribution in [0.4, 0.5) is 9.18 Å². The summed E-state index contributed by atoms with van der Waals surface area (Å²) in [7, 11) is 0. The maximum absolute atomic E-state index is 13.0. The number of nitrogens with zero attached hydrogens (tertiary/aromatic N) is 1. The lowest BCUT2D eigenvalue weighted by molar-refractivity contribution is 0.132. The SMILES string of the molecule is O=C1OC(c2ccc(F)cc2)CN1Cc1ccc(CBr)cc1. The van der Waals surface area contributed by atoms with Crippen molar-refractivity contribution in [1.29, 1.82) is 0 Å². The van der Waals surface area contributed by atoms with Crippen LogP contribution in [0.1, 0.15) is 22.8 Å². The molecular weight excluding hydrogens is 349 g/mol. The van der Waals surface area contributed by atoms with Crippen LogP contribution in [0.3, 0.4) is 0 Å². The quantitative estimate of drug-likeness (QED) is 0.752. The molecule has 2 aromatic carbocycles. The van der Waals surface area contributed by atoms with E-state index in [9.17, 15) is 9.18 Å². The number of rotatable bonds is 4. The van der Waals surface area contributed by atoms with Crippen molar-refractivity contribution in [3.8, 4) is 0 Å². The molecule has 22 heavy (non-hydrogen) atoms. The first kappa shape index (κ1) is 15.0. The number of carbonyl (C=O) groups excluding carboxylic acids is 1. The van der Waals surface area contributed by atoms with Crippen LogP contribution in [0.5, 0.6) is 0 Å². The Morgan fingerprint density at radius 3 is 2.36 bits per heavy atom. The zero-order valence-corrected chi connectivity index (χ0v) is 13.4. The topological polar surface area (TPSA) is 29.5 Å². The van der Waals surface area contributed by atoms with E-state index in [1.807, 2.05) is 24.3 Å². The largest absolute Gasteiger partial charge is 0.439 e. The van der Waals surface area contributed by atoms with E-state index in [1.54, 1.807) is 17.0 Å². The fourth-order valence-corrected chi connectivity index (χ4v) is 2.82. The predicted molar refractivity (Wildman–Crippen MR) is 85.1 cm³/mol. The van der Waals surface area contributed by atoms with Gasteiger partial charge < -0.3 is 4.74 Å². The Morgan fingerprint density at radius 2 is 1.73 bits per heavy atom. The van der Waals surface area contributed by atoms with Gasteiger partial charge in [0, 0.05) is 11.9 Å². The molecule has 0 aliphatic carbocycles. The smallest absolute Gasteiger partial charge is 0.410 e. The molecule has 1 amide bonds. The molecule has 1 saturated heterocycles. The zero-order valence-electron chi connectivity index (χ0n) is 11.8. The number of carbonyl (C=O) groups is 1. The summed E-state index contributed by atoms with van der Waals surface area (Å²) in [6, 6.07) is 14.1. The molecular formula is C17H15BrFNO2. The van der Waals surface area contributed by atoms with E-state index in [0.29, 0.717) is 13.1 Å². The van der Waals surface area contributed by atoms with Gasteiger partial charge in [0.25, 0.3) is 0 Å². The van der Waals surface area contributed by atoms with Crippen LogP contribution in [-0.2, 0) is 16.6 Å². The summed E-state index contributed by atoms with van der Waals surface area (Å²) in [5, 5.41) is 0.811. The minimum absolute atomic E-state index is 0.295. The van der Waals surface area contributed by atoms with Gasteiger partial charge in [-0.2, -0.15) is 0 Å². The van der Waals surface area contributed by atoms with Gasteiger partial charge in [-0.1, -0.05) is 52.3 Å². The van der Waals surface area contributed by atoms with Gasteiger partial charge in [0.05, 0.1) is 6.54 Å². The van der Waals surface area contributed by atoms with Gasteiger partial charge >= 0.3 is 6.09 Å². The Morgan fingerprint density at radius 1 is 1.09 bits per heavy atom. The normalized spacial score (nSPS) is 17.6. The summed E-state index contributed by atoms with van der Waals surface area (Å²) < 4.78 is 18.3. The Hall–Kier alpha value is -1.88. The molecule has 0 N–H and O–H groups in total. The van der Waals surface area contributed by atoms with Gasteiger partial charge in [0.15, 0.2) is 0 Å². The van der Waals surface area contributed by atoms with Crippen LogP contribution in [-0.4, -0.2) is 17.5 Å². The van der Waals surface area contributed by atoms with Crippen molar-refractivity contribution < 1.29 is 13.9 Å². The Bertz CT molecular complexity index is 657. The molecule has 1 aliphatic heterocycles. The third kappa shape index (κ3) is 3.30. The van der Waals surface area contributed by atoms with E-state index in [0.717, 1.165) is 16.5 Å². The molecule has 1 aliphatic rings. The van der Waals surface area contributed by atoms with Crippen molar-refractivity contribution in [3.05, 3.63) is 71.0 Å². The standard InChI is InChI=1S/C17H15BrFNO2/c18-9-12-1-3-13(4-2-12)10-20-11-16(22-17(20)21)14-5-7-15(19)8-6-14/h1-8,16H,9-11H2. The number of hydrogen-bond acceptors (Lipinski definition) is 2. The van der Waals surface area contributed by atoms with Crippen molar-refractivity contribution in [2.75, 3.05) is 6.54 Å². The molecule has 3 nitrogen and oxygen atoms in total. The third-order valence-corrected chi connectivity index (χ3v) is 4.33. The lowest BCUT2D eigenvalue weighted by atomic mass is 10.1. The van der Waals surface area contributed by atoms with E-state index in [-0.39, 0.29) is 18.0 Å². The van der Waals surface area contributed by atoms with Gasteiger partial charge in [-0.25, -0.2) is 9.18 Å². The number of cyclic esters (lactones) is 1. The van der Waals surface area contributed by atoms with Gasteiger partial charge in [-0.15, -0.1) is 0 Å². The minimum Gasteiger partial charge on any atom is -0.439 e. The molecule has 5 heteroatoms. The molecule has 2 aromatic rings. The first-order chi connectivity index (χ1) is 10.7. The number of hydrogen-bond donors (Lipinski definition) is 0. The summed E-state index contributed by atoms with van der Waals surface area (Å²) in [6.45, 7) is 0.990. The highest BCUT2D eigenvalue weighted by atomic mass is 79.9. The maximum Gasteiger partial charge on any atom is 0.410 e. The molecule has 0 saturated carbocycles. The lowest BCUT2D eigenvalue weighted by Crippen LogP contribution is -2.23. The fraction of sp³-hybridized carbons (Fsp3) is 0.235. The van der Waals surface area contributed by atoms with Crippen LogP contribution >= 0.6 is 15.9 Å². The summed E-state index contributed by atoms with van der Waals surface area (Å²) in [6.07, 6.45) is -0.672. The Balaban J connectivity index is 1.67. The van der Waals surface area contributed by atoms with Gasteiger partial charge in [-0.05, 0) is 28.8 Å². The van der Waals surface area contributed by atoms with Crippen molar-refractivity contribution >= 4 is 22.0 Å². The first-order valence-electron chi connectivity index (χ1n) is 7.00. The lowest BCUT2D eigenvalue weighted by Gasteiger charge is -2.13. The van der Waals surface area contributed by atoms with Crippen LogP contribution < -0.4 is 0 Å². The third-order valence-electron chi connectivity index (χ3n) is 3.68. The molecule has 3 rings (SSSR count). The van der Waals surface area contributed by atoms with Crippen molar-refractivity contribution in [3.63, 3.8) is 0 Å². The van der Waals surface area contributed by atoms with E-state index in [1.165, 1.54) is 17.7 Å². The molecule has 1 fully saturated rings. The van der Waals surface area contributed by atoms with Crippen LogP contribution in [0, 0.1) is 5.82 Å². The highest BCUT2D eigenvalue weighted by Gasteiger charge is 2.32. The fourth-order valence-electron chi connectivity index (χ4n) is 2.44. The Kier molecular flexibility index (Phi) is 4.43. The highest BCUT2D eigenvalue weighted by molar-refractivity contribution is 9.08. The van der Waals surface area contributed by atoms with Crippen LogP contribution in [0.15, 0.2) is 48.5 Å². The number of halogens is 2. The second-order valence-corrected chi connectivity index (χ2v) is 5.82. The molecule has 1 unspecified atom stereocenters. The van der Waals surface area contributed by atoms with Crippen LogP contribution in [0.25, 0.3) is 0 Å². The second kappa shape index (κ2) is 6.48. The van der Waals surface area contributed by atoms with E-state index < -0.39 is 0 Å². The predicted octanol–water partition coefficient (Wildman–Crippen LogP) is 4.41. The maximum atomic E-state index is 13.0. The number of amides is 1. The summed E-state index contributed by atoms with van der Waals surface area (Å²) in [5.41, 5.74) is 3.06. The van der Waals surface area contributed by atoms with Crippen molar-refractivity contribution in [2.45, 2.75) is 18.0 Å². The summed E-state index contributed by atoms with van der Waals surface area (Å²) in [4.78, 5) is 13.6. The second-order valence-electron chi connectivity index (χ2n) is 5.25. The van der Waals surface area contributed by atoms with E-state index >= 15 is 0 Å². The van der Waals surface area contributed by atoms with E-state index in [2.05, 4.69) is 15.9 Å². The molecule has 1 atom stereocenters. The molecule has 114 valence electrons. The van der Waals surface area contributed by atoms with Gasteiger partial charge in [-0.3, -0.25) is 4.90 Å². The van der Waals surface area contributed by atoms with Crippen LogP contribution in [0.2, 0.25) is 0 Å². The average molecular weight is 364 g/mol. The molecule has 0 bridgehead atoms. The highest BCUT2D eigenvalue weighted by Crippen LogP contribution is 2.27. The first-order valence-corrected chi connectivity index (χ1v) is 8.12. The van der Waals surface area contributed by atoms with Gasteiger partial charge in [0.2, 0.25) is 0 Å². The minimum atomic E-state index is -0.338. The summed E-state index contributed by atoms with van der Waals surface area (Å²) in [5.74, 6) is -0.295. The Labute approximate surface area is 136 Å². The van der Waals surface area contributed by atoms with Gasteiger partial charge in [0.1, 0.15) is 11.9 Å². The number of alkyl halides is 1.